The molecule has 1 heterocycles. The predicted octanol–water partition coefficient (Wildman–Crippen LogP) is 2.77. The molecule has 1 aliphatic heterocycles. The summed E-state index contributed by atoms with van der Waals surface area (Å²) in [6, 6.07) is 1.62. The van der Waals surface area contributed by atoms with Gasteiger partial charge in [-0.05, 0) is 37.9 Å². The monoisotopic (exact) mass is 303 g/mol. The maximum atomic E-state index is 14.1. The number of methoxy groups -OCH3 is 1. The molecule has 0 spiro atoms. The van der Waals surface area contributed by atoms with E-state index in [0.717, 1.165) is 25.9 Å². The van der Waals surface area contributed by atoms with Gasteiger partial charge in [-0.15, -0.1) is 0 Å². The van der Waals surface area contributed by atoms with Crippen LogP contribution in [0.4, 0.5) is 4.39 Å². The van der Waals surface area contributed by atoms with Crippen molar-refractivity contribution in [2.75, 3.05) is 20.2 Å². The fourth-order valence-corrected chi connectivity index (χ4v) is 2.95. The summed E-state index contributed by atoms with van der Waals surface area (Å²) in [5.74, 6) is -0.665. The highest BCUT2D eigenvalue weighted by Crippen LogP contribution is 2.41. The molecule has 0 aromatic heterocycles. The van der Waals surface area contributed by atoms with Crippen molar-refractivity contribution in [2.24, 2.45) is 0 Å². The highest BCUT2D eigenvalue weighted by Gasteiger charge is 2.25. The molecular formula is C12H15BrFNO2. The number of rotatable bonds is 2. The molecule has 3 nitrogen and oxygen atoms in total. The summed E-state index contributed by atoms with van der Waals surface area (Å²) in [5, 5.41) is 12.9. The molecule has 1 aromatic rings. The smallest absolute Gasteiger partial charge is 0.194 e. The number of ether oxygens (including phenoxy) is 1. The van der Waals surface area contributed by atoms with E-state index in [1.54, 1.807) is 6.07 Å². The van der Waals surface area contributed by atoms with Gasteiger partial charge in [0.2, 0.25) is 0 Å². The SMILES string of the molecule is COc1cc(Br)c(C2CCNCC2)c(F)c1O. The Labute approximate surface area is 108 Å². The highest BCUT2D eigenvalue weighted by atomic mass is 79.9. The van der Waals surface area contributed by atoms with Crippen LogP contribution in [0.25, 0.3) is 0 Å². The fraction of sp³-hybridized carbons (Fsp3) is 0.500. The van der Waals surface area contributed by atoms with E-state index < -0.39 is 11.6 Å². The topological polar surface area (TPSA) is 41.5 Å². The Morgan fingerprint density at radius 1 is 1.47 bits per heavy atom. The Kier molecular flexibility index (Phi) is 3.89. The van der Waals surface area contributed by atoms with Crippen molar-refractivity contribution < 1.29 is 14.2 Å². The van der Waals surface area contributed by atoms with Gasteiger partial charge < -0.3 is 15.2 Å². The second kappa shape index (κ2) is 5.23. The minimum absolute atomic E-state index is 0.141. The first-order valence-corrected chi connectivity index (χ1v) is 6.40. The van der Waals surface area contributed by atoms with E-state index in [-0.39, 0.29) is 11.7 Å². The van der Waals surface area contributed by atoms with E-state index in [1.165, 1.54) is 7.11 Å². The molecule has 0 saturated carbocycles. The average molecular weight is 304 g/mol. The van der Waals surface area contributed by atoms with Crippen LogP contribution in [-0.2, 0) is 0 Å². The first-order valence-electron chi connectivity index (χ1n) is 5.60. The normalized spacial score (nSPS) is 17.1. The molecule has 17 heavy (non-hydrogen) atoms. The van der Waals surface area contributed by atoms with E-state index in [1.807, 2.05) is 0 Å². The second-order valence-electron chi connectivity index (χ2n) is 4.16. The number of aromatic hydroxyl groups is 1. The van der Waals surface area contributed by atoms with Crippen LogP contribution in [-0.4, -0.2) is 25.3 Å². The van der Waals surface area contributed by atoms with Crippen LogP contribution in [0.2, 0.25) is 0 Å². The third-order valence-corrected chi connectivity index (χ3v) is 3.82. The Morgan fingerprint density at radius 3 is 2.71 bits per heavy atom. The number of halogens is 2. The Balaban J connectivity index is 2.42. The molecule has 5 heteroatoms. The predicted molar refractivity (Wildman–Crippen MR) is 67.2 cm³/mol. The zero-order valence-corrected chi connectivity index (χ0v) is 11.2. The molecule has 1 aromatic carbocycles. The first-order chi connectivity index (χ1) is 8.15. The number of phenols is 1. The Bertz CT molecular complexity index is 419. The van der Waals surface area contributed by atoms with Gasteiger partial charge in [0.05, 0.1) is 7.11 Å². The molecule has 0 radical (unpaired) electrons. The van der Waals surface area contributed by atoms with Gasteiger partial charge in [0.15, 0.2) is 17.3 Å². The lowest BCUT2D eigenvalue weighted by molar-refractivity contribution is 0.350. The quantitative estimate of drug-likeness (QED) is 0.883. The van der Waals surface area contributed by atoms with Gasteiger partial charge in [-0.25, -0.2) is 4.39 Å². The lowest BCUT2D eigenvalue weighted by atomic mass is 9.89. The van der Waals surface area contributed by atoms with Crippen LogP contribution in [0.5, 0.6) is 11.5 Å². The van der Waals surface area contributed by atoms with Crippen LogP contribution >= 0.6 is 15.9 Å². The van der Waals surface area contributed by atoms with Crippen molar-refractivity contribution >= 4 is 15.9 Å². The second-order valence-corrected chi connectivity index (χ2v) is 5.02. The highest BCUT2D eigenvalue weighted by molar-refractivity contribution is 9.10. The summed E-state index contributed by atoms with van der Waals surface area (Å²) < 4.78 is 19.7. The van der Waals surface area contributed by atoms with Gasteiger partial charge in [-0.3, -0.25) is 0 Å². The molecule has 0 atom stereocenters. The molecule has 0 aliphatic carbocycles. The zero-order chi connectivity index (χ0) is 12.4. The van der Waals surface area contributed by atoms with Crippen molar-refractivity contribution in [3.63, 3.8) is 0 Å². The molecule has 0 bridgehead atoms. The molecule has 94 valence electrons. The van der Waals surface area contributed by atoms with Crippen molar-refractivity contribution in [1.82, 2.24) is 5.32 Å². The standard InChI is InChI=1S/C12H15BrFNO2/c1-17-9-6-8(13)10(11(14)12(9)16)7-2-4-15-5-3-7/h6-7,15-16H,2-5H2,1H3. The zero-order valence-electron chi connectivity index (χ0n) is 9.59. The van der Waals surface area contributed by atoms with Gasteiger partial charge in [-0.2, -0.15) is 0 Å². The molecule has 1 saturated heterocycles. The third kappa shape index (κ3) is 2.40. The molecule has 2 rings (SSSR count). The number of piperidine rings is 1. The third-order valence-electron chi connectivity index (χ3n) is 3.16. The molecular weight excluding hydrogens is 289 g/mol. The van der Waals surface area contributed by atoms with Gasteiger partial charge in [0, 0.05) is 10.0 Å². The minimum Gasteiger partial charge on any atom is -0.502 e. The van der Waals surface area contributed by atoms with Crippen LogP contribution in [0.1, 0.15) is 24.3 Å². The summed E-state index contributed by atoms with van der Waals surface area (Å²) in [6.45, 7) is 1.76. The van der Waals surface area contributed by atoms with Crippen LogP contribution in [0, 0.1) is 5.82 Å². The molecule has 2 N–H and O–H groups in total. The number of hydrogen-bond acceptors (Lipinski definition) is 3. The first kappa shape index (κ1) is 12.6. The van der Waals surface area contributed by atoms with Gasteiger partial charge in [0.25, 0.3) is 0 Å². The molecule has 1 fully saturated rings. The van der Waals surface area contributed by atoms with Gasteiger partial charge in [-0.1, -0.05) is 15.9 Å². The van der Waals surface area contributed by atoms with Gasteiger partial charge in [0.1, 0.15) is 0 Å². The van der Waals surface area contributed by atoms with Crippen LogP contribution in [0.3, 0.4) is 0 Å². The number of benzene rings is 1. The molecule has 1 aliphatic rings. The Morgan fingerprint density at radius 2 is 2.12 bits per heavy atom. The van der Waals surface area contributed by atoms with E-state index in [4.69, 9.17) is 4.74 Å². The van der Waals surface area contributed by atoms with Crippen molar-refractivity contribution in [1.29, 1.82) is 0 Å². The lowest BCUT2D eigenvalue weighted by Gasteiger charge is -2.25. The molecule has 0 unspecified atom stereocenters. The minimum atomic E-state index is -0.567. The average Bonchev–Trinajstić information content (AvgIpc) is 2.35. The van der Waals surface area contributed by atoms with Crippen LogP contribution < -0.4 is 10.1 Å². The van der Waals surface area contributed by atoms with Gasteiger partial charge >= 0.3 is 0 Å². The summed E-state index contributed by atoms with van der Waals surface area (Å²) >= 11 is 3.36. The summed E-state index contributed by atoms with van der Waals surface area (Å²) in [7, 11) is 1.41. The summed E-state index contributed by atoms with van der Waals surface area (Å²) in [4.78, 5) is 0. The largest absolute Gasteiger partial charge is 0.502 e. The van der Waals surface area contributed by atoms with Crippen molar-refractivity contribution in [3.05, 3.63) is 21.9 Å². The number of hydrogen-bond donors (Lipinski definition) is 2. The maximum absolute atomic E-state index is 14.1. The van der Waals surface area contributed by atoms with E-state index in [2.05, 4.69) is 21.2 Å². The summed E-state index contributed by atoms with van der Waals surface area (Å²) in [5.41, 5.74) is 0.560. The van der Waals surface area contributed by atoms with Crippen molar-refractivity contribution in [2.45, 2.75) is 18.8 Å². The maximum Gasteiger partial charge on any atom is 0.194 e. The van der Waals surface area contributed by atoms with E-state index >= 15 is 0 Å². The number of phenolic OH excluding ortho intramolecular Hbond substituents is 1. The summed E-state index contributed by atoms with van der Waals surface area (Å²) in [6.07, 6.45) is 1.75. The van der Waals surface area contributed by atoms with Crippen LogP contribution in [0.15, 0.2) is 10.5 Å². The fourth-order valence-electron chi connectivity index (χ4n) is 2.24. The number of nitrogens with one attached hydrogen (secondary N) is 1. The van der Waals surface area contributed by atoms with E-state index in [9.17, 15) is 9.50 Å². The lowest BCUT2D eigenvalue weighted by Crippen LogP contribution is -2.27. The van der Waals surface area contributed by atoms with E-state index in [0.29, 0.717) is 10.0 Å². The van der Waals surface area contributed by atoms with Crippen molar-refractivity contribution in [3.8, 4) is 11.5 Å². The molecule has 0 amide bonds. The Hall–Kier alpha value is -0.810.